The molecule has 0 spiro atoms. The average molecular weight is 322 g/mol. The van der Waals surface area contributed by atoms with E-state index in [0.29, 0.717) is 6.07 Å². The van der Waals surface area contributed by atoms with Crippen molar-refractivity contribution in [3.05, 3.63) is 32.5 Å². The van der Waals surface area contributed by atoms with E-state index in [-0.39, 0.29) is 16.6 Å². The van der Waals surface area contributed by atoms with E-state index >= 15 is 0 Å². The third-order valence-electron chi connectivity index (χ3n) is 1.97. The summed E-state index contributed by atoms with van der Waals surface area (Å²) in [5, 5.41) is 19.3. The Morgan fingerprint density at radius 3 is 2.78 bits per heavy atom. The van der Waals surface area contributed by atoms with Crippen LogP contribution in [0.5, 0.6) is 5.75 Å². The van der Waals surface area contributed by atoms with Gasteiger partial charge < -0.3 is 9.84 Å². The lowest BCUT2D eigenvalue weighted by Gasteiger charge is -2.14. The number of aliphatic carboxylic acids is 1. The Morgan fingerprint density at radius 2 is 2.28 bits per heavy atom. The Labute approximate surface area is 110 Å². The van der Waals surface area contributed by atoms with Gasteiger partial charge in [-0.15, -0.1) is 0 Å². The largest absolute Gasteiger partial charge is 0.482 e. The van der Waals surface area contributed by atoms with Crippen molar-refractivity contribution in [3.63, 3.8) is 0 Å². The summed E-state index contributed by atoms with van der Waals surface area (Å²) in [4.78, 5) is 20.4. The van der Waals surface area contributed by atoms with Crippen LogP contribution >= 0.6 is 15.9 Å². The number of carbonyl (C=O) groups is 1. The molecule has 1 atom stereocenters. The van der Waals surface area contributed by atoms with Gasteiger partial charge in [-0.05, 0) is 28.9 Å². The molecule has 1 rings (SSSR count). The molecule has 0 aliphatic heterocycles. The molecular formula is C10H9BrFNO5. The molecule has 0 amide bonds. The predicted molar refractivity (Wildman–Crippen MR) is 63.1 cm³/mol. The number of benzene rings is 1. The number of nitro groups is 1. The lowest BCUT2D eigenvalue weighted by Crippen LogP contribution is -2.17. The van der Waals surface area contributed by atoms with Crippen molar-refractivity contribution < 1.29 is 24.0 Å². The summed E-state index contributed by atoms with van der Waals surface area (Å²) in [6.07, 6.45) is -1.09. The molecule has 0 unspecified atom stereocenters. The van der Waals surface area contributed by atoms with E-state index in [1.165, 1.54) is 6.92 Å². The fourth-order valence-electron chi connectivity index (χ4n) is 1.29. The van der Waals surface area contributed by atoms with E-state index in [4.69, 9.17) is 9.84 Å². The van der Waals surface area contributed by atoms with Crippen LogP contribution in [0.3, 0.4) is 0 Å². The summed E-state index contributed by atoms with van der Waals surface area (Å²) in [5.74, 6) is -2.06. The first-order chi connectivity index (χ1) is 8.31. The molecule has 98 valence electrons. The van der Waals surface area contributed by atoms with Crippen LogP contribution in [0.25, 0.3) is 0 Å². The van der Waals surface area contributed by atoms with Gasteiger partial charge in [0.15, 0.2) is 0 Å². The molecule has 1 aromatic rings. The van der Waals surface area contributed by atoms with Gasteiger partial charge in [0.2, 0.25) is 5.75 Å². The van der Waals surface area contributed by atoms with Gasteiger partial charge in [-0.25, -0.2) is 4.39 Å². The van der Waals surface area contributed by atoms with Gasteiger partial charge in [-0.3, -0.25) is 14.9 Å². The SMILES string of the molecule is C[C@@H](CC(=O)O)Oc1c(Br)cc(F)cc1[N+](=O)[O-]. The molecule has 0 radical (unpaired) electrons. The Balaban J connectivity index is 3.07. The fourth-order valence-corrected chi connectivity index (χ4v) is 1.80. The van der Waals surface area contributed by atoms with Gasteiger partial charge in [0.25, 0.3) is 0 Å². The molecule has 0 aliphatic rings. The summed E-state index contributed by atoms with van der Waals surface area (Å²) >= 11 is 2.94. The van der Waals surface area contributed by atoms with Gasteiger partial charge in [0.05, 0.1) is 21.9 Å². The summed E-state index contributed by atoms with van der Waals surface area (Å²) < 4.78 is 18.3. The summed E-state index contributed by atoms with van der Waals surface area (Å²) in [6.45, 7) is 1.45. The van der Waals surface area contributed by atoms with Crippen LogP contribution in [0.2, 0.25) is 0 Å². The molecule has 18 heavy (non-hydrogen) atoms. The molecule has 0 saturated heterocycles. The third-order valence-corrected chi connectivity index (χ3v) is 2.56. The molecule has 0 aromatic heterocycles. The first-order valence-corrected chi connectivity index (χ1v) is 5.62. The minimum absolute atomic E-state index is 0.0615. The monoisotopic (exact) mass is 321 g/mol. The van der Waals surface area contributed by atoms with E-state index in [2.05, 4.69) is 15.9 Å². The number of ether oxygens (including phenoxy) is 1. The molecular weight excluding hydrogens is 313 g/mol. The number of hydrogen-bond donors (Lipinski definition) is 1. The maximum absolute atomic E-state index is 13.0. The normalized spacial score (nSPS) is 11.9. The van der Waals surface area contributed by atoms with Crippen molar-refractivity contribution in [2.75, 3.05) is 0 Å². The van der Waals surface area contributed by atoms with E-state index in [9.17, 15) is 19.3 Å². The highest BCUT2D eigenvalue weighted by atomic mass is 79.9. The fraction of sp³-hybridized carbons (Fsp3) is 0.300. The Hall–Kier alpha value is -1.70. The summed E-state index contributed by atoms with van der Waals surface area (Å²) in [5.41, 5.74) is -0.556. The van der Waals surface area contributed by atoms with Gasteiger partial charge in [0, 0.05) is 0 Å². The highest BCUT2D eigenvalue weighted by molar-refractivity contribution is 9.10. The van der Waals surface area contributed by atoms with E-state index in [1.807, 2.05) is 0 Å². The molecule has 0 heterocycles. The van der Waals surface area contributed by atoms with Crippen molar-refractivity contribution in [3.8, 4) is 5.75 Å². The van der Waals surface area contributed by atoms with Crippen LogP contribution in [0.1, 0.15) is 13.3 Å². The highest BCUT2D eigenvalue weighted by Crippen LogP contribution is 2.36. The molecule has 0 aliphatic carbocycles. The summed E-state index contributed by atoms with van der Waals surface area (Å²) in [7, 11) is 0. The number of rotatable bonds is 5. The standard InChI is InChI=1S/C10H9BrFNO5/c1-5(2-9(14)15)18-10-7(11)3-6(12)4-8(10)13(16)17/h3-5H,2H2,1H3,(H,14,15)/t5-/m0/s1. The van der Waals surface area contributed by atoms with E-state index in [0.717, 1.165) is 6.07 Å². The van der Waals surface area contributed by atoms with Crippen molar-refractivity contribution in [1.29, 1.82) is 0 Å². The Kier molecular flexibility index (Phi) is 4.60. The maximum atomic E-state index is 13.0. The number of halogens is 2. The zero-order valence-corrected chi connectivity index (χ0v) is 10.8. The van der Waals surface area contributed by atoms with Gasteiger partial charge >= 0.3 is 11.7 Å². The minimum atomic E-state index is -1.09. The topological polar surface area (TPSA) is 89.7 Å². The predicted octanol–water partition coefficient (Wildman–Crippen LogP) is 2.74. The second-order valence-electron chi connectivity index (χ2n) is 3.52. The van der Waals surface area contributed by atoms with Crippen LogP contribution in [-0.4, -0.2) is 22.1 Å². The first-order valence-electron chi connectivity index (χ1n) is 4.83. The van der Waals surface area contributed by atoms with Crippen molar-refractivity contribution in [1.82, 2.24) is 0 Å². The first kappa shape index (κ1) is 14.4. The van der Waals surface area contributed by atoms with Gasteiger partial charge in [0.1, 0.15) is 11.9 Å². The number of nitrogens with zero attached hydrogens (tertiary/aromatic N) is 1. The van der Waals surface area contributed by atoms with Crippen LogP contribution in [0.15, 0.2) is 16.6 Å². The molecule has 1 aromatic carbocycles. The lowest BCUT2D eigenvalue weighted by atomic mass is 10.2. The van der Waals surface area contributed by atoms with Gasteiger partial charge in [-0.1, -0.05) is 0 Å². The number of hydrogen-bond acceptors (Lipinski definition) is 4. The zero-order chi connectivity index (χ0) is 13.9. The Morgan fingerprint density at radius 1 is 1.67 bits per heavy atom. The average Bonchev–Trinajstić information content (AvgIpc) is 2.20. The minimum Gasteiger partial charge on any atom is -0.482 e. The van der Waals surface area contributed by atoms with Crippen LogP contribution < -0.4 is 4.74 Å². The molecule has 0 saturated carbocycles. The number of carboxylic acid groups (broad SMARTS) is 1. The number of carboxylic acids is 1. The van der Waals surface area contributed by atoms with Crippen molar-refractivity contribution in [2.45, 2.75) is 19.4 Å². The lowest BCUT2D eigenvalue weighted by molar-refractivity contribution is -0.386. The molecule has 8 heteroatoms. The Bertz CT molecular complexity index is 493. The molecule has 6 nitrogen and oxygen atoms in total. The second kappa shape index (κ2) is 5.76. The highest BCUT2D eigenvalue weighted by Gasteiger charge is 2.23. The van der Waals surface area contributed by atoms with Crippen molar-refractivity contribution >= 4 is 27.6 Å². The van der Waals surface area contributed by atoms with Gasteiger partial charge in [-0.2, -0.15) is 0 Å². The number of nitro benzene ring substituents is 1. The van der Waals surface area contributed by atoms with Crippen LogP contribution in [0, 0.1) is 15.9 Å². The molecule has 1 N–H and O–H groups in total. The van der Waals surface area contributed by atoms with E-state index < -0.39 is 28.5 Å². The second-order valence-corrected chi connectivity index (χ2v) is 4.37. The summed E-state index contributed by atoms with van der Waals surface area (Å²) in [6, 6.07) is 1.73. The van der Waals surface area contributed by atoms with Crippen LogP contribution in [-0.2, 0) is 4.79 Å². The quantitative estimate of drug-likeness (QED) is 0.665. The molecule has 0 fully saturated rings. The van der Waals surface area contributed by atoms with Crippen LogP contribution in [0.4, 0.5) is 10.1 Å². The third kappa shape index (κ3) is 3.66. The van der Waals surface area contributed by atoms with Crippen molar-refractivity contribution in [2.24, 2.45) is 0 Å². The smallest absolute Gasteiger partial charge is 0.315 e. The van der Waals surface area contributed by atoms with E-state index in [1.54, 1.807) is 0 Å². The zero-order valence-electron chi connectivity index (χ0n) is 9.22. The maximum Gasteiger partial charge on any atom is 0.315 e. The molecule has 0 bridgehead atoms.